The van der Waals surface area contributed by atoms with Crippen molar-refractivity contribution in [1.29, 1.82) is 5.26 Å². The monoisotopic (exact) mass is 302 g/mol. The van der Waals surface area contributed by atoms with E-state index in [1.54, 1.807) is 0 Å². The molecule has 1 amide bonds. The molecule has 1 aliphatic rings. The Hall–Kier alpha value is -2.26. The van der Waals surface area contributed by atoms with E-state index in [1.165, 1.54) is 0 Å². The molecule has 22 heavy (non-hydrogen) atoms. The van der Waals surface area contributed by atoms with Gasteiger partial charge in [0, 0.05) is 19.7 Å². The molecule has 0 unspecified atom stereocenters. The predicted octanol–water partition coefficient (Wildman–Crippen LogP) is 0.947. The maximum atomic E-state index is 11.6. The van der Waals surface area contributed by atoms with Crippen LogP contribution in [0.4, 0.5) is 11.4 Å². The van der Waals surface area contributed by atoms with E-state index >= 15 is 0 Å². The molecule has 3 N–H and O–H groups in total. The van der Waals surface area contributed by atoms with Gasteiger partial charge >= 0.3 is 0 Å². The lowest BCUT2D eigenvalue weighted by Crippen LogP contribution is -2.35. The molecular formula is C16H22N4O2. The van der Waals surface area contributed by atoms with Gasteiger partial charge in [-0.15, -0.1) is 0 Å². The first-order valence-corrected chi connectivity index (χ1v) is 7.57. The van der Waals surface area contributed by atoms with Crippen molar-refractivity contribution in [2.45, 2.75) is 12.8 Å². The second kappa shape index (κ2) is 8.25. The fourth-order valence-corrected chi connectivity index (χ4v) is 2.63. The second-order valence-corrected chi connectivity index (χ2v) is 5.42. The zero-order valence-corrected chi connectivity index (χ0v) is 12.6. The number of nitrogens with one attached hydrogen (secondary N) is 2. The third-order valence-corrected chi connectivity index (χ3v) is 3.92. The van der Waals surface area contributed by atoms with Gasteiger partial charge in [-0.1, -0.05) is 12.1 Å². The zero-order chi connectivity index (χ0) is 15.8. The van der Waals surface area contributed by atoms with Gasteiger partial charge in [0.25, 0.3) is 0 Å². The van der Waals surface area contributed by atoms with Gasteiger partial charge in [-0.05, 0) is 30.9 Å². The number of aliphatic hydroxyl groups excluding tert-OH is 1. The number of nitrogens with zero attached hydrogens (tertiary/aromatic N) is 2. The average Bonchev–Trinajstić information content (AvgIpc) is 2.58. The minimum atomic E-state index is -0.199. The van der Waals surface area contributed by atoms with Crippen molar-refractivity contribution < 1.29 is 9.90 Å². The molecule has 1 aromatic rings. The van der Waals surface area contributed by atoms with Crippen LogP contribution in [0, 0.1) is 17.2 Å². The molecule has 1 saturated heterocycles. The van der Waals surface area contributed by atoms with Crippen LogP contribution >= 0.6 is 0 Å². The second-order valence-electron chi connectivity index (χ2n) is 5.42. The van der Waals surface area contributed by atoms with Gasteiger partial charge in [0.15, 0.2) is 0 Å². The summed E-state index contributed by atoms with van der Waals surface area (Å²) in [5.41, 5.74) is 1.99. The van der Waals surface area contributed by atoms with E-state index in [2.05, 4.69) is 15.5 Å². The van der Waals surface area contributed by atoms with Crippen LogP contribution in [0.25, 0.3) is 0 Å². The molecule has 1 heterocycles. The van der Waals surface area contributed by atoms with Crippen molar-refractivity contribution in [1.82, 2.24) is 5.32 Å². The molecule has 0 spiro atoms. The molecule has 118 valence electrons. The van der Waals surface area contributed by atoms with Crippen molar-refractivity contribution in [3.63, 3.8) is 0 Å². The van der Waals surface area contributed by atoms with Gasteiger partial charge in [-0.25, -0.2) is 0 Å². The van der Waals surface area contributed by atoms with Gasteiger partial charge in [0.2, 0.25) is 5.91 Å². The van der Waals surface area contributed by atoms with Crippen LogP contribution < -0.4 is 15.5 Å². The molecule has 0 aromatic heterocycles. The maximum absolute atomic E-state index is 11.6. The van der Waals surface area contributed by atoms with E-state index in [9.17, 15) is 9.90 Å². The highest BCUT2D eigenvalue weighted by atomic mass is 16.3. The summed E-state index contributed by atoms with van der Waals surface area (Å²) >= 11 is 0. The highest BCUT2D eigenvalue weighted by Gasteiger charge is 2.20. The summed E-state index contributed by atoms with van der Waals surface area (Å²) in [5, 5.41) is 23.3. The third-order valence-electron chi connectivity index (χ3n) is 3.92. The van der Waals surface area contributed by atoms with Gasteiger partial charge < -0.3 is 20.6 Å². The Labute approximate surface area is 130 Å². The largest absolute Gasteiger partial charge is 0.396 e. The Bertz CT molecular complexity index is 533. The molecule has 0 atom stereocenters. The number of aliphatic hydroxyl groups is 1. The van der Waals surface area contributed by atoms with Crippen LogP contribution in [-0.4, -0.2) is 43.8 Å². The van der Waals surface area contributed by atoms with Gasteiger partial charge in [-0.2, -0.15) is 5.26 Å². The van der Waals surface area contributed by atoms with Crippen LogP contribution in [0.15, 0.2) is 24.3 Å². The molecule has 0 bridgehead atoms. The van der Waals surface area contributed by atoms with Gasteiger partial charge in [0.05, 0.1) is 24.0 Å². The molecule has 6 heteroatoms. The summed E-state index contributed by atoms with van der Waals surface area (Å²) in [6, 6.07) is 9.78. The topological polar surface area (TPSA) is 88.4 Å². The average molecular weight is 302 g/mol. The minimum absolute atomic E-state index is 0.0246. The van der Waals surface area contributed by atoms with Crippen molar-refractivity contribution in [2.24, 2.45) is 5.92 Å². The molecule has 0 aliphatic carbocycles. The predicted molar refractivity (Wildman–Crippen MR) is 85.6 cm³/mol. The van der Waals surface area contributed by atoms with Crippen molar-refractivity contribution >= 4 is 17.3 Å². The van der Waals surface area contributed by atoms with E-state index in [-0.39, 0.29) is 25.6 Å². The summed E-state index contributed by atoms with van der Waals surface area (Å²) in [4.78, 5) is 13.9. The number of nitriles is 1. The van der Waals surface area contributed by atoms with Crippen molar-refractivity contribution in [3.05, 3.63) is 24.3 Å². The van der Waals surface area contributed by atoms with Crippen LogP contribution in [0.1, 0.15) is 12.8 Å². The van der Waals surface area contributed by atoms with E-state index in [0.717, 1.165) is 37.3 Å². The number of hydrogen-bond donors (Lipinski definition) is 3. The normalized spacial score (nSPS) is 15.2. The molecule has 6 nitrogen and oxygen atoms in total. The lowest BCUT2D eigenvalue weighted by atomic mass is 9.97. The third kappa shape index (κ3) is 4.37. The summed E-state index contributed by atoms with van der Waals surface area (Å²) < 4.78 is 0. The number of amides is 1. The van der Waals surface area contributed by atoms with Gasteiger partial charge in [0.1, 0.15) is 6.54 Å². The number of piperidine rings is 1. The summed E-state index contributed by atoms with van der Waals surface area (Å²) in [5.74, 6) is 0.198. The quantitative estimate of drug-likeness (QED) is 0.681. The number of carbonyl (C=O) groups is 1. The summed E-state index contributed by atoms with van der Waals surface area (Å²) in [7, 11) is 0. The summed E-state index contributed by atoms with van der Waals surface area (Å²) in [6.45, 7) is 2.24. The van der Waals surface area contributed by atoms with Crippen LogP contribution in [-0.2, 0) is 4.79 Å². The molecule has 2 rings (SSSR count). The van der Waals surface area contributed by atoms with Gasteiger partial charge in [-0.3, -0.25) is 4.79 Å². The molecule has 1 aliphatic heterocycles. The first-order valence-electron chi connectivity index (χ1n) is 7.57. The molecule has 1 fully saturated rings. The fourth-order valence-electron chi connectivity index (χ4n) is 2.63. The summed E-state index contributed by atoms with van der Waals surface area (Å²) in [6.07, 6.45) is 1.96. The Morgan fingerprint density at radius 2 is 2.09 bits per heavy atom. The fraction of sp³-hybridized carbons (Fsp3) is 0.500. The van der Waals surface area contributed by atoms with E-state index in [1.807, 2.05) is 30.3 Å². The van der Waals surface area contributed by atoms with E-state index in [0.29, 0.717) is 5.92 Å². The highest BCUT2D eigenvalue weighted by Crippen LogP contribution is 2.29. The number of carbonyl (C=O) groups excluding carboxylic acids is 1. The van der Waals surface area contributed by atoms with E-state index in [4.69, 9.17) is 5.26 Å². The van der Waals surface area contributed by atoms with E-state index < -0.39 is 0 Å². The number of para-hydroxylation sites is 2. The van der Waals surface area contributed by atoms with Crippen LogP contribution in [0.2, 0.25) is 0 Å². The number of benzene rings is 1. The Morgan fingerprint density at radius 1 is 1.36 bits per heavy atom. The standard InChI is InChI=1S/C16H22N4O2/c17-7-8-18-16(22)11-19-14-3-1-2-4-15(14)20-9-5-13(12-21)6-10-20/h1-4,13,19,21H,5-6,8-12H2,(H,18,22). The van der Waals surface area contributed by atoms with Crippen LogP contribution in [0.5, 0.6) is 0 Å². The Kier molecular flexibility index (Phi) is 6.04. The highest BCUT2D eigenvalue weighted by molar-refractivity contribution is 5.82. The number of hydrogen-bond acceptors (Lipinski definition) is 5. The molecule has 0 radical (unpaired) electrons. The Balaban J connectivity index is 1.95. The number of rotatable bonds is 6. The molecule has 1 aromatic carbocycles. The van der Waals surface area contributed by atoms with Crippen LogP contribution in [0.3, 0.4) is 0 Å². The first kappa shape index (κ1) is 16.1. The molecule has 0 saturated carbocycles. The number of anilines is 2. The zero-order valence-electron chi connectivity index (χ0n) is 12.6. The first-order chi connectivity index (χ1) is 10.7. The lowest BCUT2D eigenvalue weighted by molar-refractivity contribution is -0.119. The molecular weight excluding hydrogens is 280 g/mol. The Morgan fingerprint density at radius 3 is 2.77 bits per heavy atom. The minimum Gasteiger partial charge on any atom is -0.396 e. The lowest BCUT2D eigenvalue weighted by Gasteiger charge is -2.34. The maximum Gasteiger partial charge on any atom is 0.240 e. The SMILES string of the molecule is N#CCNC(=O)CNc1ccccc1N1CCC(CO)CC1. The smallest absolute Gasteiger partial charge is 0.240 e. The van der Waals surface area contributed by atoms with Crippen molar-refractivity contribution in [3.8, 4) is 6.07 Å². The van der Waals surface area contributed by atoms with Crippen molar-refractivity contribution in [2.75, 3.05) is 43.0 Å².